The summed E-state index contributed by atoms with van der Waals surface area (Å²) in [5.41, 5.74) is 0. The second-order valence-electron chi connectivity index (χ2n) is 0.238. The Morgan fingerprint density at radius 2 is 1.40 bits per heavy atom. The summed E-state index contributed by atoms with van der Waals surface area (Å²) in [7, 11) is -3.12. The van der Waals surface area contributed by atoms with Crippen molar-refractivity contribution in [2.24, 2.45) is 0 Å². The van der Waals surface area contributed by atoms with Crippen LogP contribution in [0.4, 0.5) is 0 Å². The summed E-state index contributed by atoms with van der Waals surface area (Å²) in [6, 6.07) is 0. The van der Waals surface area contributed by atoms with Gasteiger partial charge in [0.1, 0.15) is 0 Å². The van der Waals surface area contributed by atoms with Crippen LogP contribution in [-0.4, -0.2) is 39.5 Å². The third-order valence-corrected chi connectivity index (χ3v) is 0. The number of hydrogen-bond donors (Lipinski definition) is 2. The molecule has 0 fully saturated rings. The summed E-state index contributed by atoms with van der Waals surface area (Å²) in [5.74, 6) is 0. The van der Waals surface area contributed by atoms with Gasteiger partial charge in [-0.05, 0) is 0 Å². The summed E-state index contributed by atoms with van der Waals surface area (Å²) < 4.78 is 24.2. The molecule has 0 radical (unpaired) electrons. The zero-order valence-corrected chi connectivity index (χ0v) is 6.99. The molecule has 1 N–H and O–H groups in total. The van der Waals surface area contributed by atoms with Crippen molar-refractivity contribution in [2.45, 2.75) is 0 Å². The molecule has 0 unspecified atom stereocenters. The topological polar surface area (TPSA) is 54.4 Å². The molecule has 5 heavy (non-hydrogen) atoms. The molecule has 0 aliphatic heterocycles. The van der Waals surface area contributed by atoms with Gasteiger partial charge in [-0.3, -0.25) is 4.55 Å². The van der Waals surface area contributed by atoms with Gasteiger partial charge < -0.3 is 0 Å². The Labute approximate surface area is 50.6 Å². The van der Waals surface area contributed by atoms with E-state index in [1.54, 1.807) is 0 Å². The number of rotatable bonds is 0. The van der Waals surface area contributed by atoms with Crippen LogP contribution in [0, 0.1) is 0 Å². The third kappa shape index (κ3) is 58.2. The summed E-state index contributed by atoms with van der Waals surface area (Å²) in [4.78, 5) is 0. The zero-order valence-electron chi connectivity index (χ0n) is 2.21. The molecule has 0 aromatic rings. The summed E-state index contributed by atoms with van der Waals surface area (Å²) in [6.45, 7) is 0. The van der Waals surface area contributed by atoms with Gasteiger partial charge in [0, 0.05) is 0 Å². The Bertz CT molecular complexity index is 55.3. The third-order valence-electron chi connectivity index (χ3n) is 0. The molecule has 5 heteroatoms. The van der Waals surface area contributed by atoms with Crippen molar-refractivity contribution < 1.29 is 13.0 Å². The summed E-state index contributed by atoms with van der Waals surface area (Å²) in [5, 5.41) is 0. The first kappa shape index (κ1) is 9.26. The molecule has 0 spiro atoms. The van der Waals surface area contributed by atoms with Crippen LogP contribution in [-0.2, 0) is 11.0 Å². The van der Waals surface area contributed by atoms with E-state index in [0.717, 1.165) is 0 Å². The van der Waals surface area contributed by atoms with Crippen molar-refractivity contribution >= 4 is 37.6 Å². The van der Waals surface area contributed by atoms with Crippen molar-refractivity contribution in [3.63, 3.8) is 0 Å². The average Bonchev–Trinajstić information content (AvgIpc) is 0.811. The molecule has 0 aromatic carbocycles. The average molecular weight is 293 g/mol. The molecule has 34 valence electrons. The van der Waals surface area contributed by atoms with E-state index in [4.69, 9.17) is 13.0 Å². The Hall–Kier alpha value is 0.806. The van der Waals surface area contributed by atoms with E-state index < -0.39 is 11.0 Å². The van der Waals surface area contributed by atoms with Gasteiger partial charge in [-0.25, -0.2) is 8.42 Å². The molecule has 0 saturated heterocycles. The number of thiol groups is 1. The maximum absolute atomic E-state index is 8.59. The van der Waals surface area contributed by atoms with Gasteiger partial charge in [0.15, 0.2) is 0 Å². The molecule has 0 atom stereocenters. The Kier molecular flexibility index (Phi) is 8.90. The molecule has 0 rings (SSSR count). The summed E-state index contributed by atoms with van der Waals surface area (Å²) >= 11 is 0. The fourth-order valence-electron chi connectivity index (χ4n) is 0. The molecule has 0 bridgehead atoms. The van der Waals surface area contributed by atoms with Crippen LogP contribution in [0.3, 0.4) is 0 Å². The molecule has 3 nitrogen and oxygen atoms in total. The van der Waals surface area contributed by atoms with Crippen LogP contribution in [0.25, 0.3) is 0 Å². The van der Waals surface area contributed by atoms with Crippen LogP contribution in [0.1, 0.15) is 0 Å². The van der Waals surface area contributed by atoms with E-state index in [2.05, 4.69) is 0 Å². The van der Waals surface area contributed by atoms with E-state index in [9.17, 15) is 0 Å². The molecule has 0 aliphatic rings. The predicted octanol–water partition coefficient (Wildman–Crippen LogP) is -1.85. The van der Waals surface area contributed by atoms with E-state index in [0.29, 0.717) is 0 Å². The Morgan fingerprint density at radius 3 is 1.40 bits per heavy atom. The molecule has 0 aromatic heterocycles. The SMILES string of the molecule is O=[SH](=O)O.[PoH2]. The normalized spacial score (nSPS) is 6.80. The molecular weight excluding hydrogens is 289 g/mol. The first-order chi connectivity index (χ1) is 1.73. The standard InChI is InChI=1S/H2O3S.Po.2H/c1-4(2)3;;;/h4H,(H,1,2,3);;;. The number of hydrogen-bond acceptors (Lipinski definition) is 2. The van der Waals surface area contributed by atoms with Gasteiger partial charge in [-0.2, -0.15) is 0 Å². The van der Waals surface area contributed by atoms with Crippen molar-refractivity contribution in [1.29, 1.82) is 0 Å². The maximum atomic E-state index is 8.59. The van der Waals surface area contributed by atoms with E-state index in [-0.39, 0.29) is 26.6 Å². The first-order valence-corrected chi connectivity index (χ1v) is 1.70. The van der Waals surface area contributed by atoms with Gasteiger partial charge in [0.05, 0.1) is 0 Å². The molecule has 0 heterocycles. The Morgan fingerprint density at radius 1 is 1.40 bits per heavy atom. The molecular formula is H4O3PoS. The van der Waals surface area contributed by atoms with E-state index in [1.165, 1.54) is 0 Å². The second kappa shape index (κ2) is 4.81. The van der Waals surface area contributed by atoms with Crippen LogP contribution < -0.4 is 0 Å². The van der Waals surface area contributed by atoms with Crippen molar-refractivity contribution in [2.75, 3.05) is 0 Å². The van der Waals surface area contributed by atoms with Gasteiger partial charge in [0.25, 0.3) is 11.0 Å². The predicted molar refractivity (Wildman–Crippen MR) is 21.5 cm³/mol. The van der Waals surface area contributed by atoms with Gasteiger partial charge >= 0.3 is 26.6 Å². The van der Waals surface area contributed by atoms with E-state index >= 15 is 0 Å². The minimum atomic E-state index is -3.12. The van der Waals surface area contributed by atoms with Crippen molar-refractivity contribution in [3.05, 3.63) is 0 Å². The molecule has 0 saturated carbocycles. The summed E-state index contributed by atoms with van der Waals surface area (Å²) in [6.07, 6.45) is 0. The fraction of sp³-hybridized carbons (Fsp3) is 0. The minimum absolute atomic E-state index is 0. The molecule has 0 aliphatic carbocycles. The van der Waals surface area contributed by atoms with E-state index in [1.807, 2.05) is 0 Å². The van der Waals surface area contributed by atoms with Crippen molar-refractivity contribution in [1.82, 2.24) is 0 Å². The quantitative estimate of drug-likeness (QED) is 0.407. The molecule has 0 amide bonds. The van der Waals surface area contributed by atoms with Crippen LogP contribution >= 0.6 is 0 Å². The van der Waals surface area contributed by atoms with Gasteiger partial charge in [-0.15, -0.1) is 0 Å². The van der Waals surface area contributed by atoms with Crippen LogP contribution in [0.5, 0.6) is 0 Å². The monoisotopic (exact) mass is 293 g/mol. The van der Waals surface area contributed by atoms with Crippen molar-refractivity contribution in [3.8, 4) is 0 Å². The zero-order chi connectivity index (χ0) is 3.58. The van der Waals surface area contributed by atoms with Gasteiger partial charge in [0.2, 0.25) is 0 Å². The second-order valence-corrected chi connectivity index (χ2v) is 0.714. The fourth-order valence-corrected chi connectivity index (χ4v) is 0. The Balaban J connectivity index is 0. The first-order valence-electron chi connectivity index (χ1n) is 0.565. The van der Waals surface area contributed by atoms with Gasteiger partial charge in [-0.1, -0.05) is 0 Å². The van der Waals surface area contributed by atoms with Crippen LogP contribution in [0.15, 0.2) is 0 Å². The van der Waals surface area contributed by atoms with Crippen LogP contribution in [0.2, 0.25) is 0 Å².